The Morgan fingerprint density at radius 3 is 2.17 bits per heavy atom. The van der Waals surface area contributed by atoms with Gasteiger partial charge in [0.05, 0.1) is 6.61 Å². The number of rotatable bonds is 9. The molecule has 1 aromatic carbocycles. The molecule has 0 aliphatic rings. The van der Waals surface area contributed by atoms with Crippen molar-refractivity contribution in [3.63, 3.8) is 0 Å². The van der Waals surface area contributed by atoms with E-state index in [2.05, 4.69) is 10.6 Å². The maximum absolute atomic E-state index is 12.5. The van der Waals surface area contributed by atoms with Crippen molar-refractivity contribution in [2.24, 2.45) is 5.92 Å². The Kier molecular flexibility index (Phi) is 9.61. The van der Waals surface area contributed by atoms with Gasteiger partial charge in [-0.15, -0.1) is 0 Å². The van der Waals surface area contributed by atoms with Crippen LogP contribution in [0.5, 0.6) is 0 Å². The largest absolute Gasteiger partial charge is 0.458 e. The van der Waals surface area contributed by atoms with E-state index in [1.165, 1.54) is 0 Å². The molecule has 8 heteroatoms. The fourth-order valence-corrected chi connectivity index (χ4v) is 2.43. The molecule has 8 nitrogen and oxygen atoms in total. The molecule has 162 valence electrons. The second kappa shape index (κ2) is 11.4. The van der Waals surface area contributed by atoms with E-state index in [-0.39, 0.29) is 12.5 Å². The minimum Gasteiger partial charge on any atom is -0.458 e. The van der Waals surface area contributed by atoms with Gasteiger partial charge >= 0.3 is 12.1 Å². The summed E-state index contributed by atoms with van der Waals surface area (Å²) in [6.45, 7) is 8.41. The second-order valence-electron chi connectivity index (χ2n) is 8.17. The predicted molar refractivity (Wildman–Crippen MR) is 108 cm³/mol. The smallest absolute Gasteiger partial charge is 0.408 e. The van der Waals surface area contributed by atoms with Crippen LogP contribution in [0.2, 0.25) is 0 Å². The van der Waals surface area contributed by atoms with Crippen LogP contribution in [0.1, 0.15) is 46.6 Å². The Balaban J connectivity index is 2.67. The van der Waals surface area contributed by atoms with Crippen LogP contribution in [0.3, 0.4) is 0 Å². The molecular formula is C21H32N2O6. The SMILES string of the molecule is CC(C)C[C@H](NC(=O)[C@H](CO)NC(=O)OCc1ccccc1)C(=O)OC(C)(C)C. The molecule has 0 heterocycles. The Morgan fingerprint density at radius 2 is 1.66 bits per heavy atom. The molecule has 0 saturated heterocycles. The van der Waals surface area contributed by atoms with Crippen molar-refractivity contribution in [3.05, 3.63) is 35.9 Å². The highest BCUT2D eigenvalue weighted by atomic mass is 16.6. The number of esters is 1. The minimum atomic E-state index is -1.25. The minimum absolute atomic E-state index is 0.0281. The number of aliphatic hydroxyl groups excluding tert-OH is 1. The van der Waals surface area contributed by atoms with Crippen LogP contribution >= 0.6 is 0 Å². The fourth-order valence-electron chi connectivity index (χ4n) is 2.43. The number of amides is 2. The zero-order chi connectivity index (χ0) is 22.0. The fraction of sp³-hybridized carbons (Fsp3) is 0.571. The molecule has 1 rings (SSSR count). The van der Waals surface area contributed by atoms with Gasteiger partial charge in [0.1, 0.15) is 24.3 Å². The molecule has 0 spiro atoms. The maximum atomic E-state index is 12.5. The summed E-state index contributed by atoms with van der Waals surface area (Å²) in [6, 6.07) is 6.90. The van der Waals surface area contributed by atoms with Gasteiger partial charge in [0.2, 0.25) is 5.91 Å². The zero-order valence-corrected chi connectivity index (χ0v) is 17.7. The van der Waals surface area contributed by atoms with E-state index in [1.807, 2.05) is 32.0 Å². The summed E-state index contributed by atoms with van der Waals surface area (Å²) < 4.78 is 10.4. The van der Waals surface area contributed by atoms with E-state index < -0.39 is 42.3 Å². The molecule has 0 radical (unpaired) electrons. The molecule has 1 aromatic rings. The molecule has 3 N–H and O–H groups in total. The molecule has 0 aromatic heterocycles. The van der Waals surface area contributed by atoms with Crippen molar-refractivity contribution in [2.75, 3.05) is 6.61 Å². The van der Waals surface area contributed by atoms with Gasteiger partial charge in [-0.1, -0.05) is 44.2 Å². The highest BCUT2D eigenvalue weighted by Gasteiger charge is 2.30. The van der Waals surface area contributed by atoms with Crippen molar-refractivity contribution in [1.82, 2.24) is 10.6 Å². The average molecular weight is 408 g/mol. The lowest BCUT2D eigenvalue weighted by molar-refractivity contribution is -0.159. The van der Waals surface area contributed by atoms with Gasteiger partial charge < -0.3 is 25.2 Å². The zero-order valence-electron chi connectivity index (χ0n) is 17.7. The number of hydrogen-bond donors (Lipinski definition) is 3. The predicted octanol–water partition coefficient (Wildman–Crippen LogP) is 2.15. The van der Waals surface area contributed by atoms with Crippen LogP contribution < -0.4 is 10.6 Å². The number of hydrogen-bond acceptors (Lipinski definition) is 6. The summed E-state index contributed by atoms with van der Waals surface area (Å²) in [6.07, 6.45) is -0.488. The van der Waals surface area contributed by atoms with Crippen LogP contribution in [-0.4, -0.2) is 47.4 Å². The Hall–Kier alpha value is -2.61. The van der Waals surface area contributed by atoms with Gasteiger partial charge in [-0.3, -0.25) is 4.79 Å². The number of ether oxygens (including phenoxy) is 2. The van der Waals surface area contributed by atoms with Crippen LogP contribution in [-0.2, 0) is 25.7 Å². The highest BCUT2D eigenvalue weighted by Crippen LogP contribution is 2.13. The number of alkyl carbamates (subject to hydrolysis) is 1. The van der Waals surface area contributed by atoms with Crippen molar-refractivity contribution < 1.29 is 29.0 Å². The van der Waals surface area contributed by atoms with Gasteiger partial charge in [0, 0.05) is 0 Å². The van der Waals surface area contributed by atoms with Gasteiger partial charge in [0.25, 0.3) is 0 Å². The third-order valence-corrected chi connectivity index (χ3v) is 3.72. The number of nitrogens with one attached hydrogen (secondary N) is 2. The van der Waals surface area contributed by atoms with Crippen LogP contribution in [0.4, 0.5) is 4.79 Å². The second-order valence-corrected chi connectivity index (χ2v) is 8.17. The van der Waals surface area contributed by atoms with Crippen LogP contribution in [0.15, 0.2) is 30.3 Å². The maximum Gasteiger partial charge on any atom is 0.408 e. The van der Waals surface area contributed by atoms with E-state index in [4.69, 9.17) is 9.47 Å². The molecule has 2 atom stereocenters. The Labute approximate surface area is 172 Å². The third-order valence-electron chi connectivity index (χ3n) is 3.72. The van der Waals surface area contributed by atoms with Crippen molar-refractivity contribution in [3.8, 4) is 0 Å². The normalized spacial score (nSPS) is 13.3. The van der Waals surface area contributed by atoms with E-state index in [0.717, 1.165) is 5.56 Å². The Morgan fingerprint density at radius 1 is 1.03 bits per heavy atom. The third kappa shape index (κ3) is 9.94. The summed E-state index contributed by atoms with van der Waals surface area (Å²) in [4.78, 5) is 36.9. The number of aliphatic hydroxyl groups is 1. The summed E-state index contributed by atoms with van der Waals surface area (Å²) in [7, 11) is 0. The van der Waals surface area contributed by atoms with E-state index in [9.17, 15) is 19.5 Å². The molecule has 0 bridgehead atoms. The lowest BCUT2D eigenvalue weighted by atomic mass is 10.0. The van der Waals surface area contributed by atoms with E-state index >= 15 is 0 Å². The molecule has 2 amide bonds. The molecule has 0 aliphatic heterocycles. The summed E-state index contributed by atoms with van der Waals surface area (Å²) in [5.41, 5.74) is 0.0852. The molecule has 29 heavy (non-hydrogen) atoms. The molecule has 0 unspecified atom stereocenters. The van der Waals surface area contributed by atoms with Crippen molar-refractivity contribution >= 4 is 18.0 Å². The number of carbonyl (C=O) groups excluding carboxylic acids is 3. The van der Waals surface area contributed by atoms with Crippen LogP contribution in [0, 0.1) is 5.92 Å². The molecular weight excluding hydrogens is 376 g/mol. The topological polar surface area (TPSA) is 114 Å². The number of carbonyl (C=O) groups is 3. The first-order valence-corrected chi connectivity index (χ1v) is 9.63. The number of benzene rings is 1. The first kappa shape index (κ1) is 24.4. The monoisotopic (exact) mass is 408 g/mol. The van der Waals surface area contributed by atoms with E-state index in [0.29, 0.717) is 6.42 Å². The van der Waals surface area contributed by atoms with Crippen molar-refractivity contribution in [2.45, 2.75) is 65.3 Å². The highest BCUT2D eigenvalue weighted by molar-refractivity contribution is 5.89. The first-order chi connectivity index (χ1) is 13.5. The molecule has 0 aliphatic carbocycles. The lowest BCUT2D eigenvalue weighted by Crippen LogP contribution is -2.54. The summed E-state index contributed by atoms with van der Waals surface area (Å²) in [5, 5.41) is 14.4. The molecule has 0 fully saturated rings. The van der Waals surface area contributed by atoms with Gasteiger partial charge in [0.15, 0.2) is 0 Å². The first-order valence-electron chi connectivity index (χ1n) is 9.63. The Bertz CT molecular complexity index is 669. The standard InChI is InChI=1S/C21H32N2O6/c1-14(2)11-16(19(26)29-21(3,4)5)22-18(25)17(12-24)23-20(27)28-13-15-9-7-6-8-10-15/h6-10,14,16-17,24H,11-13H2,1-5H3,(H,22,25)(H,23,27)/t16-,17-/m0/s1. The summed E-state index contributed by atoms with van der Waals surface area (Å²) in [5.74, 6) is -1.15. The lowest BCUT2D eigenvalue weighted by Gasteiger charge is -2.26. The van der Waals surface area contributed by atoms with Gasteiger partial charge in [-0.2, -0.15) is 0 Å². The van der Waals surface area contributed by atoms with Crippen molar-refractivity contribution in [1.29, 1.82) is 0 Å². The van der Waals surface area contributed by atoms with E-state index in [1.54, 1.807) is 32.9 Å². The average Bonchev–Trinajstić information content (AvgIpc) is 2.62. The van der Waals surface area contributed by atoms with Gasteiger partial charge in [-0.05, 0) is 38.7 Å². The quantitative estimate of drug-likeness (QED) is 0.540. The molecule has 0 saturated carbocycles. The van der Waals surface area contributed by atoms with Gasteiger partial charge in [-0.25, -0.2) is 9.59 Å². The summed E-state index contributed by atoms with van der Waals surface area (Å²) >= 11 is 0. The van der Waals surface area contributed by atoms with Crippen LogP contribution in [0.25, 0.3) is 0 Å².